The number of para-hydroxylation sites is 1. The second-order valence-electron chi connectivity index (χ2n) is 4.38. The van der Waals surface area contributed by atoms with E-state index in [0.29, 0.717) is 17.9 Å². The Kier molecular flexibility index (Phi) is 3.38. The van der Waals surface area contributed by atoms with Gasteiger partial charge in [0.2, 0.25) is 0 Å². The number of nitrogens with one attached hydrogen (secondary N) is 1. The van der Waals surface area contributed by atoms with Gasteiger partial charge in [0.15, 0.2) is 17.3 Å². The number of hydrogen-bond acceptors (Lipinski definition) is 6. The standard InChI is InChI=1S/C14H13N5O2/c20-12-3-1-2-10(14(12)21)6-16-11-4-5-13(17-7-11)19-9-15-8-18-19/h1-5,7-9,16,20-21H,6H2. The lowest BCUT2D eigenvalue weighted by atomic mass is 10.2. The molecule has 0 amide bonds. The highest BCUT2D eigenvalue weighted by Gasteiger charge is 2.05. The fourth-order valence-corrected chi connectivity index (χ4v) is 1.87. The molecule has 0 aliphatic rings. The van der Waals surface area contributed by atoms with Crippen molar-refractivity contribution in [3.05, 3.63) is 54.7 Å². The predicted octanol–water partition coefficient (Wildman–Crippen LogP) is 1.69. The Balaban J connectivity index is 1.70. The Labute approximate surface area is 120 Å². The van der Waals surface area contributed by atoms with Crippen molar-refractivity contribution in [1.29, 1.82) is 0 Å². The quantitative estimate of drug-likeness (QED) is 0.630. The van der Waals surface area contributed by atoms with Crippen LogP contribution in [0.2, 0.25) is 0 Å². The zero-order valence-corrected chi connectivity index (χ0v) is 11.0. The zero-order chi connectivity index (χ0) is 14.7. The average molecular weight is 283 g/mol. The zero-order valence-electron chi connectivity index (χ0n) is 11.0. The molecule has 3 aromatic rings. The van der Waals surface area contributed by atoms with Crippen molar-refractivity contribution in [1.82, 2.24) is 19.7 Å². The molecule has 0 bridgehead atoms. The van der Waals surface area contributed by atoms with Gasteiger partial charge in [0, 0.05) is 12.1 Å². The van der Waals surface area contributed by atoms with Crippen molar-refractivity contribution in [2.24, 2.45) is 0 Å². The highest BCUT2D eigenvalue weighted by Crippen LogP contribution is 2.28. The number of phenols is 2. The first-order valence-electron chi connectivity index (χ1n) is 6.29. The maximum Gasteiger partial charge on any atom is 0.162 e. The van der Waals surface area contributed by atoms with Crippen LogP contribution in [-0.2, 0) is 6.54 Å². The molecular weight excluding hydrogens is 270 g/mol. The summed E-state index contributed by atoms with van der Waals surface area (Å²) in [6.45, 7) is 0.380. The summed E-state index contributed by atoms with van der Waals surface area (Å²) in [5, 5.41) is 26.3. The van der Waals surface area contributed by atoms with Crippen LogP contribution < -0.4 is 5.32 Å². The van der Waals surface area contributed by atoms with E-state index in [1.54, 1.807) is 35.4 Å². The first-order valence-corrected chi connectivity index (χ1v) is 6.29. The van der Waals surface area contributed by atoms with Gasteiger partial charge in [0.25, 0.3) is 0 Å². The van der Waals surface area contributed by atoms with E-state index in [-0.39, 0.29) is 11.5 Å². The van der Waals surface area contributed by atoms with Crippen molar-refractivity contribution in [3.63, 3.8) is 0 Å². The highest BCUT2D eigenvalue weighted by atomic mass is 16.3. The second-order valence-corrected chi connectivity index (χ2v) is 4.38. The monoisotopic (exact) mass is 283 g/mol. The normalized spacial score (nSPS) is 10.5. The second kappa shape index (κ2) is 5.49. The number of nitrogens with zero attached hydrogens (tertiary/aromatic N) is 4. The lowest BCUT2D eigenvalue weighted by Crippen LogP contribution is -2.02. The molecule has 1 aromatic carbocycles. The molecule has 7 heteroatoms. The van der Waals surface area contributed by atoms with Gasteiger partial charge < -0.3 is 15.5 Å². The van der Waals surface area contributed by atoms with Crippen LogP contribution in [0, 0.1) is 0 Å². The fourth-order valence-electron chi connectivity index (χ4n) is 1.87. The van der Waals surface area contributed by atoms with E-state index in [0.717, 1.165) is 5.69 Å². The molecule has 0 aliphatic heterocycles. The van der Waals surface area contributed by atoms with Gasteiger partial charge in [-0.15, -0.1) is 0 Å². The van der Waals surface area contributed by atoms with E-state index in [2.05, 4.69) is 20.4 Å². The van der Waals surface area contributed by atoms with Gasteiger partial charge in [-0.1, -0.05) is 12.1 Å². The van der Waals surface area contributed by atoms with E-state index in [9.17, 15) is 10.2 Å². The predicted molar refractivity (Wildman–Crippen MR) is 76.3 cm³/mol. The van der Waals surface area contributed by atoms with Crippen LogP contribution in [-0.4, -0.2) is 30.0 Å². The third-order valence-electron chi connectivity index (χ3n) is 2.98. The lowest BCUT2D eigenvalue weighted by molar-refractivity contribution is 0.400. The first kappa shape index (κ1) is 12.9. The summed E-state index contributed by atoms with van der Waals surface area (Å²) in [6, 6.07) is 8.51. The topological polar surface area (TPSA) is 96.1 Å². The van der Waals surface area contributed by atoms with Gasteiger partial charge in [-0.25, -0.2) is 14.6 Å². The Morgan fingerprint density at radius 3 is 2.76 bits per heavy atom. The average Bonchev–Trinajstić information content (AvgIpc) is 3.04. The summed E-state index contributed by atoms with van der Waals surface area (Å²) < 4.78 is 1.56. The summed E-state index contributed by atoms with van der Waals surface area (Å²) in [6.07, 6.45) is 4.68. The van der Waals surface area contributed by atoms with E-state index < -0.39 is 0 Å². The third-order valence-corrected chi connectivity index (χ3v) is 2.98. The summed E-state index contributed by atoms with van der Waals surface area (Å²) in [7, 11) is 0. The maximum absolute atomic E-state index is 9.72. The van der Waals surface area contributed by atoms with Gasteiger partial charge in [-0.2, -0.15) is 5.10 Å². The molecule has 0 spiro atoms. The van der Waals surface area contributed by atoms with Crippen molar-refractivity contribution >= 4 is 5.69 Å². The molecule has 3 N–H and O–H groups in total. The Morgan fingerprint density at radius 2 is 2.05 bits per heavy atom. The Hall–Kier alpha value is -3.09. The molecule has 7 nitrogen and oxygen atoms in total. The summed E-state index contributed by atoms with van der Waals surface area (Å²) >= 11 is 0. The smallest absolute Gasteiger partial charge is 0.162 e. The number of aromatic nitrogens is 4. The van der Waals surface area contributed by atoms with E-state index in [1.165, 1.54) is 12.4 Å². The maximum atomic E-state index is 9.72. The number of rotatable bonds is 4. The van der Waals surface area contributed by atoms with Crippen LogP contribution in [0.15, 0.2) is 49.2 Å². The molecule has 0 fully saturated rings. The summed E-state index contributed by atoms with van der Waals surface area (Å²) in [5.41, 5.74) is 1.40. The van der Waals surface area contributed by atoms with Crippen molar-refractivity contribution in [2.45, 2.75) is 6.54 Å². The number of phenolic OH excluding ortho intramolecular Hbond substituents is 2. The summed E-state index contributed by atoms with van der Waals surface area (Å²) in [5.74, 6) is 0.421. The highest BCUT2D eigenvalue weighted by molar-refractivity contribution is 5.48. The van der Waals surface area contributed by atoms with Crippen molar-refractivity contribution < 1.29 is 10.2 Å². The van der Waals surface area contributed by atoms with E-state index >= 15 is 0 Å². The fraction of sp³-hybridized carbons (Fsp3) is 0.0714. The number of benzene rings is 1. The van der Waals surface area contributed by atoms with Gasteiger partial charge in [-0.3, -0.25) is 0 Å². The molecule has 106 valence electrons. The molecule has 0 saturated carbocycles. The van der Waals surface area contributed by atoms with Crippen LogP contribution in [0.3, 0.4) is 0 Å². The molecule has 2 aromatic heterocycles. The number of pyridine rings is 1. The molecule has 0 unspecified atom stereocenters. The van der Waals surface area contributed by atoms with Gasteiger partial charge >= 0.3 is 0 Å². The van der Waals surface area contributed by atoms with Crippen LogP contribution in [0.25, 0.3) is 5.82 Å². The van der Waals surface area contributed by atoms with Crippen molar-refractivity contribution in [3.8, 4) is 17.3 Å². The minimum Gasteiger partial charge on any atom is -0.504 e. The molecule has 21 heavy (non-hydrogen) atoms. The molecule has 0 atom stereocenters. The molecular formula is C14H13N5O2. The number of aromatic hydroxyl groups is 2. The first-order chi connectivity index (χ1) is 10.2. The lowest BCUT2D eigenvalue weighted by Gasteiger charge is -2.09. The molecule has 2 heterocycles. The van der Waals surface area contributed by atoms with Gasteiger partial charge in [0.1, 0.15) is 12.7 Å². The molecule has 3 rings (SSSR count). The van der Waals surface area contributed by atoms with Gasteiger partial charge in [0.05, 0.1) is 11.9 Å². The summed E-state index contributed by atoms with van der Waals surface area (Å²) in [4.78, 5) is 8.12. The van der Waals surface area contributed by atoms with Crippen molar-refractivity contribution in [2.75, 3.05) is 5.32 Å². The Morgan fingerprint density at radius 1 is 1.14 bits per heavy atom. The SMILES string of the molecule is Oc1cccc(CNc2ccc(-n3cncn3)nc2)c1O. The molecule has 0 radical (unpaired) electrons. The van der Waals surface area contributed by atoms with E-state index in [4.69, 9.17) is 0 Å². The van der Waals surface area contributed by atoms with Crippen LogP contribution in [0.1, 0.15) is 5.56 Å². The largest absolute Gasteiger partial charge is 0.504 e. The van der Waals surface area contributed by atoms with Crippen LogP contribution >= 0.6 is 0 Å². The minimum absolute atomic E-state index is 0.114. The Bertz CT molecular complexity index is 726. The molecule has 0 saturated heterocycles. The number of hydrogen-bond donors (Lipinski definition) is 3. The minimum atomic E-state index is -0.131. The van der Waals surface area contributed by atoms with Gasteiger partial charge in [-0.05, 0) is 18.2 Å². The van der Waals surface area contributed by atoms with E-state index in [1.807, 2.05) is 6.07 Å². The number of anilines is 1. The third kappa shape index (κ3) is 2.76. The van der Waals surface area contributed by atoms with Crippen LogP contribution in [0.5, 0.6) is 11.5 Å². The molecule has 0 aliphatic carbocycles. The van der Waals surface area contributed by atoms with Crippen LogP contribution in [0.4, 0.5) is 5.69 Å².